The maximum Gasteiger partial charge on any atom is 0.226 e. The highest BCUT2D eigenvalue weighted by Crippen LogP contribution is 2.38. The summed E-state index contributed by atoms with van der Waals surface area (Å²) in [5, 5.41) is 3.47. The smallest absolute Gasteiger partial charge is 0.226 e. The van der Waals surface area contributed by atoms with Crippen molar-refractivity contribution in [2.45, 2.75) is 12.8 Å². The van der Waals surface area contributed by atoms with Crippen LogP contribution >= 0.6 is 11.3 Å². The van der Waals surface area contributed by atoms with Crippen LogP contribution in [0.15, 0.2) is 65.5 Å². The molecule has 4 aromatic rings. The fraction of sp³-hybridized carbons (Fsp3) is 0.150. The number of aromatic nitrogens is 3. The van der Waals surface area contributed by atoms with E-state index in [1.54, 1.807) is 12.5 Å². The molecule has 1 aromatic carbocycles. The van der Waals surface area contributed by atoms with Crippen molar-refractivity contribution >= 4 is 22.4 Å². The van der Waals surface area contributed by atoms with Crippen molar-refractivity contribution in [2.24, 2.45) is 7.05 Å². The first kappa shape index (κ1) is 17.2. The van der Waals surface area contributed by atoms with Crippen LogP contribution in [0.3, 0.4) is 0 Å². The largest absolute Gasteiger partial charge is 0.469 e. The van der Waals surface area contributed by atoms with E-state index in [0.29, 0.717) is 18.0 Å². The Morgan fingerprint density at radius 2 is 2.07 bits per heavy atom. The average molecular weight is 378 g/mol. The third kappa shape index (κ3) is 3.83. The second-order valence-corrected chi connectivity index (χ2v) is 7.05. The lowest BCUT2D eigenvalue weighted by molar-refractivity contribution is -0.116. The maximum atomic E-state index is 12.3. The molecule has 0 atom stereocenters. The first-order valence-corrected chi connectivity index (χ1v) is 9.38. The van der Waals surface area contributed by atoms with E-state index in [0.717, 1.165) is 27.7 Å². The Morgan fingerprint density at radius 3 is 2.78 bits per heavy atom. The van der Waals surface area contributed by atoms with Crippen molar-refractivity contribution in [3.05, 3.63) is 66.9 Å². The lowest BCUT2D eigenvalue weighted by Crippen LogP contribution is -2.11. The van der Waals surface area contributed by atoms with E-state index < -0.39 is 0 Å². The van der Waals surface area contributed by atoms with Gasteiger partial charge in [0.2, 0.25) is 5.91 Å². The summed E-state index contributed by atoms with van der Waals surface area (Å²) in [5.74, 6) is 1.52. The molecule has 1 N–H and O–H groups in total. The van der Waals surface area contributed by atoms with Crippen LogP contribution < -0.4 is 5.32 Å². The number of nitrogens with one attached hydrogen (secondary N) is 1. The molecule has 0 fully saturated rings. The van der Waals surface area contributed by atoms with E-state index in [9.17, 15) is 4.79 Å². The van der Waals surface area contributed by atoms with E-state index in [1.807, 2.05) is 60.3 Å². The van der Waals surface area contributed by atoms with Gasteiger partial charge in [-0.3, -0.25) is 4.79 Å². The highest BCUT2D eigenvalue weighted by molar-refractivity contribution is 7.19. The molecule has 27 heavy (non-hydrogen) atoms. The standard InChI is InChI=1S/C20H18N4O2S/c1-24-12-11-21-19(24)18-17(14-6-3-2-4-7-14)23-20(27-18)22-16(25)10-9-15-8-5-13-26-15/h2-8,11-13H,9-10H2,1H3,(H,22,23,25). The number of furan rings is 1. The number of aryl methyl sites for hydroxylation is 2. The quantitative estimate of drug-likeness (QED) is 0.540. The van der Waals surface area contributed by atoms with Gasteiger partial charge in [0.1, 0.15) is 5.76 Å². The maximum absolute atomic E-state index is 12.3. The van der Waals surface area contributed by atoms with Gasteiger partial charge in [-0.15, -0.1) is 0 Å². The molecule has 0 unspecified atom stereocenters. The Morgan fingerprint density at radius 1 is 1.22 bits per heavy atom. The summed E-state index contributed by atoms with van der Waals surface area (Å²) in [5.41, 5.74) is 1.80. The summed E-state index contributed by atoms with van der Waals surface area (Å²) >= 11 is 1.43. The van der Waals surface area contributed by atoms with Crippen molar-refractivity contribution in [1.29, 1.82) is 0 Å². The highest BCUT2D eigenvalue weighted by atomic mass is 32.1. The number of imidazole rings is 1. The fourth-order valence-corrected chi connectivity index (χ4v) is 3.82. The summed E-state index contributed by atoms with van der Waals surface area (Å²) in [6, 6.07) is 13.6. The van der Waals surface area contributed by atoms with Gasteiger partial charge in [0.15, 0.2) is 11.0 Å². The SMILES string of the molecule is Cn1ccnc1-c1sc(NC(=O)CCc2ccco2)nc1-c1ccccc1. The van der Waals surface area contributed by atoms with E-state index in [1.165, 1.54) is 11.3 Å². The number of carbonyl (C=O) groups excluding carboxylic acids is 1. The highest BCUT2D eigenvalue weighted by Gasteiger charge is 2.19. The number of rotatable bonds is 6. The minimum atomic E-state index is -0.0915. The first-order valence-electron chi connectivity index (χ1n) is 8.57. The number of nitrogens with zero attached hydrogens (tertiary/aromatic N) is 3. The molecule has 0 saturated heterocycles. The summed E-state index contributed by atoms with van der Waals surface area (Å²) in [6.45, 7) is 0. The predicted octanol–water partition coefficient (Wildman–Crippen LogP) is 4.37. The molecule has 0 aliphatic rings. The van der Waals surface area contributed by atoms with E-state index >= 15 is 0 Å². The molecule has 7 heteroatoms. The topological polar surface area (TPSA) is 73.0 Å². The van der Waals surface area contributed by atoms with Crippen LogP contribution in [0.2, 0.25) is 0 Å². The fourth-order valence-electron chi connectivity index (χ4n) is 2.77. The zero-order chi connectivity index (χ0) is 18.6. The molecule has 3 heterocycles. The van der Waals surface area contributed by atoms with E-state index in [2.05, 4.69) is 15.3 Å². The molecule has 0 spiro atoms. The molecule has 6 nitrogen and oxygen atoms in total. The van der Waals surface area contributed by atoms with Crippen molar-refractivity contribution in [2.75, 3.05) is 5.32 Å². The monoisotopic (exact) mass is 378 g/mol. The van der Waals surface area contributed by atoms with Crippen molar-refractivity contribution < 1.29 is 9.21 Å². The number of benzene rings is 1. The third-order valence-electron chi connectivity index (χ3n) is 4.12. The molecule has 136 valence electrons. The number of thiazole rings is 1. The molecule has 3 aromatic heterocycles. The minimum Gasteiger partial charge on any atom is -0.469 e. The normalized spacial score (nSPS) is 10.9. The van der Waals surface area contributed by atoms with Gasteiger partial charge in [-0.05, 0) is 12.1 Å². The number of hydrogen-bond donors (Lipinski definition) is 1. The van der Waals surface area contributed by atoms with Gasteiger partial charge in [0.05, 0.1) is 16.8 Å². The van der Waals surface area contributed by atoms with Gasteiger partial charge < -0.3 is 14.3 Å². The van der Waals surface area contributed by atoms with Crippen LogP contribution in [-0.2, 0) is 18.3 Å². The second kappa shape index (κ2) is 7.59. The van der Waals surface area contributed by atoms with Crippen molar-refractivity contribution in [3.63, 3.8) is 0 Å². The van der Waals surface area contributed by atoms with Gasteiger partial charge in [0.25, 0.3) is 0 Å². The van der Waals surface area contributed by atoms with Crippen molar-refractivity contribution in [1.82, 2.24) is 14.5 Å². The predicted molar refractivity (Wildman–Crippen MR) is 105 cm³/mol. The summed E-state index contributed by atoms with van der Waals surface area (Å²) in [7, 11) is 1.94. The molecule has 0 bridgehead atoms. The lowest BCUT2D eigenvalue weighted by Gasteiger charge is -2.02. The van der Waals surface area contributed by atoms with Crippen LogP contribution in [0.4, 0.5) is 5.13 Å². The average Bonchev–Trinajstić information content (AvgIpc) is 3.41. The molecule has 0 saturated carbocycles. The van der Waals surface area contributed by atoms with Gasteiger partial charge >= 0.3 is 0 Å². The Bertz CT molecular complexity index is 1040. The van der Waals surface area contributed by atoms with Crippen LogP contribution in [0.5, 0.6) is 0 Å². The van der Waals surface area contributed by atoms with Crippen molar-refractivity contribution in [3.8, 4) is 22.0 Å². The summed E-state index contributed by atoms with van der Waals surface area (Å²) < 4.78 is 7.22. The molecule has 0 aliphatic carbocycles. The van der Waals surface area contributed by atoms with Crippen LogP contribution in [0.25, 0.3) is 22.0 Å². The van der Waals surface area contributed by atoms with Gasteiger partial charge in [-0.25, -0.2) is 9.97 Å². The molecular weight excluding hydrogens is 360 g/mol. The first-order chi connectivity index (χ1) is 13.2. The summed E-state index contributed by atoms with van der Waals surface area (Å²) in [4.78, 5) is 22.4. The van der Waals surface area contributed by atoms with Gasteiger partial charge in [-0.1, -0.05) is 41.7 Å². The molecular formula is C20H18N4O2S. The van der Waals surface area contributed by atoms with E-state index in [4.69, 9.17) is 4.42 Å². The third-order valence-corrected chi connectivity index (χ3v) is 5.09. The van der Waals surface area contributed by atoms with Gasteiger partial charge in [-0.2, -0.15) is 0 Å². The van der Waals surface area contributed by atoms with Crippen LogP contribution in [0.1, 0.15) is 12.2 Å². The number of hydrogen-bond acceptors (Lipinski definition) is 5. The zero-order valence-corrected chi connectivity index (χ0v) is 15.6. The molecule has 4 rings (SSSR count). The number of carbonyl (C=O) groups is 1. The van der Waals surface area contributed by atoms with E-state index in [-0.39, 0.29) is 5.91 Å². The lowest BCUT2D eigenvalue weighted by atomic mass is 10.1. The Kier molecular flexibility index (Phi) is 4.84. The Balaban J connectivity index is 1.59. The molecule has 0 radical (unpaired) electrons. The van der Waals surface area contributed by atoms with Crippen LogP contribution in [-0.4, -0.2) is 20.4 Å². The number of anilines is 1. The van der Waals surface area contributed by atoms with Crippen LogP contribution in [0, 0.1) is 0 Å². The second-order valence-electron chi connectivity index (χ2n) is 6.05. The molecule has 1 amide bonds. The zero-order valence-electron chi connectivity index (χ0n) is 14.8. The minimum absolute atomic E-state index is 0.0915. The molecule has 0 aliphatic heterocycles. The van der Waals surface area contributed by atoms with Gasteiger partial charge in [0, 0.05) is 37.8 Å². The number of amides is 1. The summed E-state index contributed by atoms with van der Waals surface area (Å²) in [6.07, 6.45) is 6.16. The Hall–Kier alpha value is -3.19. The Labute approximate surface area is 160 Å².